The summed E-state index contributed by atoms with van der Waals surface area (Å²) in [5.74, 6) is 0. The Morgan fingerprint density at radius 2 is 2.15 bits per heavy atom. The van der Waals surface area contributed by atoms with Crippen LogP contribution in [-0.4, -0.2) is 36.6 Å². The SMILES string of the molecule is CCC(C)(C)N(C)C1CCCNC1. The van der Waals surface area contributed by atoms with Gasteiger partial charge in [-0.25, -0.2) is 0 Å². The summed E-state index contributed by atoms with van der Waals surface area (Å²) in [6.45, 7) is 9.31. The maximum absolute atomic E-state index is 3.47. The van der Waals surface area contributed by atoms with Crippen molar-refractivity contribution in [1.82, 2.24) is 10.2 Å². The van der Waals surface area contributed by atoms with E-state index in [1.807, 2.05) is 0 Å². The Labute approximate surface area is 82.7 Å². The van der Waals surface area contributed by atoms with Crippen LogP contribution in [0.2, 0.25) is 0 Å². The first-order valence-corrected chi connectivity index (χ1v) is 5.51. The smallest absolute Gasteiger partial charge is 0.0223 e. The van der Waals surface area contributed by atoms with Crippen LogP contribution >= 0.6 is 0 Å². The summed E-state index contributed by atoms with van der Waals surface area (Å²) in [4.78, 5) is 2.54. The number of rotatable bonds is 3. The fourth-order valence-corrected chi connectivity index (χ4v) is 1.91. The summed E-state index contributed by atoms with van der Waals surface area (Å²) in [6.07, 6.45) is 3.90. The number of hydrogen-bond donors (Lipinski definition) is 1. The van der Waals surface area contributed by atoms with E-state index < -0.39 is 0 Å². The van der Waals surface area contributed by atoms with E-state index in [9.17, 15) is 0 Å². The van der Waals surface area contributed by atoms with Gasteiger partial charge in [0.1, 0.15) is 0 Å². The lowest BCUT2D eigenvalue weighted by Crippen LogP contribution is -2.52. The van der Waals surface area contributed by atoms with Gasteiger partial charge in [0.15, 0.2) is 0 Å². The molecular weight excluding hydrogens is 160 g/mol. The Morgan fingerprint density at radius 3 is 2.62 bits per heavy atom. The predicted octanol–water partition coefficient (Wildman–Crippen LogP) is 1.86. The van der Waals surface area contributed by atoms with E-state index in [0.717, 1.165) is 6.04 Å². The highest BCUT2D eigenvalue weighted by atomic mass is 15.2. The molecule has 2 nitrogen and oxygen atoms in total. The van der Waals surface area contributed by atoms with Gasteiger partial charge in [0.25, 0.3) is 0 Å². The Morgan fingerprint density at radius 1 is 1.46 bits per heavy atom. The van der Waals surface area contributed by atoms with Crippen LogP contribution in [0.15, 0.2) is 0 Å². The molecule has 1 unspecified atom stereocenters. The normalized spacial score (nSPS) is 25.2. The van der Waals surface area contributed by atoms with Gasteiger partial charge in [0, 0.05) is 18.1 Å². The molecular formula is C11H24N2. The minimum absolute atomic E-state index is 0.351. The Bertz CT molecular complexity index is 148. The van der Waals surface area contributed by atoms with Gasteiger partial charge in [0.05, 0.1) is 0 Å². The zero-order valence-electron chi connectivity index (χ0n) is 9.56. The first-order valence-electron chi connectivity index (χ1n) is 5.51. The third-order valence-electron chi connectivity index (χ3n) is 3.64. The molecule has 0 saturated carbocycles. The molecule has 1 aliphatic heterocycles. The quantitative estimate of drug-likeness (QED) is 0.720. The van der Waals surface area contributed by atoms with Crippen molar-refractivity contribution in [3.8, 4) is 0 Å². The highest BCUT2D eigenvalue weighted by molar-refractivity contribution is 4.86. The maximum Gasteiger partial charge on any atom is 0.0223 e. The molecule has 13 heavy (non-hydrogen) atoms. The van der Waals surface area contributed by atoms with Crippen LogP contribution in [0.25, 0.3) is 0 Å². The fourth-order valence-electron chi connectivity index (χ4n) is 1.91. The van der Waals surface area contributed by atoms with Crippen LogP contribution in [0.1, 0.15) is 40.0 Å². The molecule has 0 aromatic heterocycles. The van der Waals surface area contributed by atoms with Crippen molar-refractivity contribution >= 4 is 0 Å². The molecule has 1 fully saturated rings. The van der Waals surface area contributed by atoms with Gasteiger partial charge in [-0.2, -0.15) is 0 Å². The van der Waals surface area contributed by atoms with Gasteiger partial charge in [-0.1, -0.05) is 6.92 Å². The molecule has 2 heteroatoms. The molecule has 0 aromatic rings. The van der Waals surface area contributed by atoms with E-state index in [4.69, 9.17) is 0 Å². The minimum atomic E-state index is 0.351. The van der Waals surface area contributed by atoms with Crippen LogP contribution < -0.4 is 5.32 Å². The molecule has 1 N–H and O–H groups in total. The van der Waals surface area contributed by atoms with E-state index in [1.54, 1.807) is 0 Å². The monoisotopic (exact) mass is 184 g/mol. The molecule has 0 radical (unpaired) electrons. The van der Waals surface area contributed by atoms with Crippen LogP contribution in [-0.2, 0) is 0 Å². The van der Waals surface area contributed by atoms with Crippen LogP contribution in [0.4, 0.5) is 0 Å². The van der Waals surface area contributed by atoms with Crippen molar-refractivity contribution in [1.29, 1.82) is 0 Å². The third kappa shape index (κ3) is 2.68. The topological polar surface area (TPSA) is 15.3 Å². The third-order valence-corrected chi connectivity index (χ3v) is 3.64. The minimum Gasteiger partial charge on any atom is -0.315 e. The van der Waals surface area contributed by atoms with Gasteiger partial charge in [-0.15, -0.1) is 0 Å². The molecule has 1 aliphatic rings. The van der Waals surface area contributed by atoms with E-state index in [-0.39, 0.29) is 0 Å². The number of likely N-dealkylation sites (N-methyl/N-ethyl adjacent to an activating group) is 1. The zero-order chi connectivity index (χ0) is 9.90. The Hall–Kier alpha value is -0.0800. The lowest BCUT2D eigenvalue weighted by Gasteiger charge is -2.42. The molecule has 0 spiro atoms. The van der Waals surface area contributed by atoms with Crippen molar-refractivity contribution in [2.24, 2.45) is 0 Å². The first kappa shape index (κ1) is 11.0. The van der Waals surface area contributed by atoms with Crippen LogP contribution in [0, 0.1) is 0 Å². The first-order chi connectivity index (χ1) is 6.08. The molecule has 0 aliphatic carbocycles. The van der Waals surface area contributed by atoms with E-state index >= 15 is 0 Å². The summed E-state index contributed by atoms with van der Waals surface area (Å²) < 4.78 is 0. The van der Waals surface area contributed by atoms with E-state index in [0.29, 0.717) is 5.54 Å². The summed E-state index contributed by atoms with van der Waals surface area (Å²) in [6, 6.07) is 0.740. The largest absolute Gasteiger partial charge is 0.315 e. The van der Waals surface area contributed by atoms with Gasteiger partial charge in [-0.3, -0.25) is 4.90 Å². The Kier molecular flexibility index (Phi) is 3.74. The van der Waals surface area contributed by atoms with E-state index in [2.05, 4.69) is 38.0 Å². The zero-order valence-corrected chi connectivity index (χ0v) is 9.56. The van der Waals surface area contributed by atoms with Gasteiger partial charge in [-0.05, 0) is 46.7 Å². The second-order valence-electron chi connectivity index (χ2n) is 4.78. The summed E-state index contributed by atoms with van der Waals surface area (Å²) in [7, 11) is 2.27. The molecule has 1 atom stereocenters. The lowest BCUT2D eigenvalue weighted by atomic mass is 9.95. The standard InChI is InChI=1S/C11H24N2/c1-5-11(2,3)13(4)10-7-6-8-12-9-10/h10,12H,5-9H2,1-4H3. The van der Waals surface area contributed by atoms with Crippen molar-refractivity contribution in [2.75, 3.05) is 20.1 Å². The highest BCUT2D eigenvalue weighted by Crippen LogP contribution is 2.22. The second kappa shape index (κ2) is 4.43. The molecule has 1 saturated heterocycles. The summed E-state index contributed by atoms with van der Waals surface area (Å²) >= 11 is 0. The maximum atomic E-state index is 3.47. The fraction of sp³-hybridized carbons (Fsp3) is 1.00. The second-order valence-corrected chi connectivity index (χ2v) is 4.78. The number of nitrogens with one attached hydrogen (secondary N) is 1. The molecule has 0 bridgehead atoms. The van der Waals surface area contributed by atoms with Gasteiger partial charge < -0.3 is 5.32 Å². The predicted molar refractivity (Wildman–Crippen MR) is 58.0 cm³/mol. The average Bonchev–Trinajstić information content (AvgIpc) is 2.18. The molecule has 0 aromatic carbocycles. The number of piperidine rings is 1. The molecule has 1 heterocycles. The van der Waals surface area contributed by atoms with Crippen LogP contribution in [0.3, 0.4) is 0 Å². The Balaban J connectivity index is 2.49. The van der Waals surface area contributed by atoms with Crippen molar-refractivity contribution in [2.45, 2.75) is 51.6 Å². The van der Waals surface area contributed by atoms with Crippen molar-refractivity contribution in [3.05, 3.63) is 0 Å². The van der Waals surface area contributed by atoms with Gasteiger partial charge in [0.2, 0.25) is 0 Å². The molecule has 0 amide bonds. The van der Waals surface area contributed by atoms with Crippen molar-refractivity contribution < 1.29 is 0 Å². The summed E-state index contributed by atoms with van der Waals surface area (Å²) in [5.41, 5.74) is 0.351. The molecule has 1 rings (SSSR count). The van der Waals surface area contributed by atoms with E-state index in [1.165, 1.54) is 32.4 Å². The van der Waals surface area contributed by atoms with Gasteiger partial charge >= 0.3 is 0 Å². The average molecular weight is 184 g/mol. The van der Waals surface area contributed by atoms with Crippen LogP contribution in [0.5, 0.6) is 0 Å². The number of hydrogen-bond acceptors (Lipinski definition) is 2. The highest BCUT2D eigenvalue weighted by Gasteiger charge is 2.28. The lowest BCUT2D eigenvalue weighted by molar-refractivity contribution is 0.0818. The number of nitrogens with zero attached hydrogens (tertiary/aromatic N) is 1. The van der Waals surface area contributed by atoms with Crippen molar-refractivity contribution in [3.63, 3.8) is 0 Å². The molecule has 78 valence electrons. The summed E-state index contributed by atoms with van der Waals surface area (Å²) in [5, 5.41) is 3.47.